The molecule has 6 nitrogen and oxygen atoms in total. The van der Waals surface area contributed by atoms with Crippen LogP contribution >= 0.6 is 0 Å². The fourth-order valence-corrected chi connectivity index (χ4v) is 4.86. The number of hydrogen-bond acceptors (Lipinski definition) is 4. The van der Waals surface area contributed by atoms with Crippen LogP contribution in [-0.2, 0) is 32.7 Å². The van der Waals surface area contributed by atoms with E-state index in [9.17, 15) is 13.2 Å². The van der Waals surface area contributed by atoms with Gasteiger partial charge in [0, 0.05) is 19.5 Å². The second-order valence-electron chi connectivity index (χ2n) is 7.26. The SMILES string of the molecule is O=C(CCc1ccc(S(=O)(=O)N2CCCCCC2)cc1)NOCc1ccccc1. The van der Waals surface area contributed by atoms with Crippen LogP contribution in [0.4, 0.5) is 0 Å². The molecule has 156 valence electrons. The number of carbonyl (C=O) groups is 1. The Hall–Kier alpha value is -2.22. The number of rotatable bonds is 8. The zero-order valence-corrected chi connectivity index (χ0v) is 17.4. The van der Waals surface area contributed by atoms with E-state index in [0.717, 1.165) is 36.8 Å². The van der Waals surface area contributed by atoms with Crippen molar-refractivity contribution in [1.29, 1.82) is 0 Å². The van der Waals surface area contributed by atoms with Crippen molar-refractivity contribution in [3.63, 3.8) is 0 Å². The first kappa shape index (κ1) is 21.5. The van der Waals surface area contributed by atoms with Gasteiger partial charge in [-0.25, -0.2) is 13.9 Å². The number of amides is 1. The van der Waals surface area contributed by atoms with Crippen LogP contribution in [0.2, 0.25) is 0 Å². The quantitative estimate of drug-likeness (QED) is 0.669. The van der Waals surface area contributed by atoms with Crippen LogP contribution in [0.15, 0.2) is 59.5 Å². The molecule has 1 N–H and O–H groups in total. The van der Waals surface area contributed by atoms with Gasteiger partial charge in [-0.05, 0) is 42.5 Å². The summed E-state index contributed by atoms with van der Waals surface area (Å²) in [4.78, 5) is 17.5. The Kier molecular flexibility index (Phi) is 7.80. The number of sulfonamides is 1. The molecule has 0 spiro atoms. The Morgan fingerprint density at radius 3 is 2.21 bits per heavy atom. The first-order chi connectivity index (χ1) is 14.1. The lowest BCUT2D eigenvalue weighted by atomic mass is 10.1. The summed E-state index contributed by atoms with van der Waals surface area (Å²) >= 11 is 0. The fourth-order valence-electron chi connectivity index (χ4n) is 3.34. The van der Waals surface area contributed by atoms with Gasteiger partial charge in [0.05, 0.1) is 11.5 Å². The molecule has 0 atom stereocenters. The second kappa shape index (κ2) is 10.5. The number of hydrogen-bond donors (Lipinski definition) is 1. The Morgan fingerprint density at radius 2 is 1.55 bits per heavy atom. The van der Waals surface area contributed by atoms with Crippen LogP contribution in [0.3, 0.4) is 0 Å². The van der Waals surface area contributed by atoms with Gasteiger partial charge in [-0.3, -0.25) is 9.63 Å². The highest BCUT2D eigenvalue weighted by atomic mass is 32.2. The van der Waals surface area contributed by atoms with Crippen LogP contribution in [0, 0.1) is 0 Å². The van der Waals surface area contributed by atoms with Crippen molar-refractivity contribution in [2.45, 2.75) is 50.0 Å². The minimum Gasteiger partial charge on any atom is -0.273 e. The third-order valence-corrected chi connectivity index (χ3v) is 6.95. The third kappa shape index (κ3) is 6.39. The fraction of sp³-hybridized carbons (Fsp3) is 0.409. The largest absolute Gasteiger partial charge is 0.273 e. The lowest BCUT2D eigenvalue weighted by Gasteiger charge is -2.20. The van der Waals surface area contributed by atoms with E-state index in [4.69, 9.17) is 4.84 Å². The summed E-state index contributed by atoms with van der Waals surface area (Å²) in [5.74, 6) is -0.206. The molecule has 1 amide bonds. The van der Waals surface area contributed by atoms with E-state index in [1.54, 1.807) is 28.6 Å². The third-order valence-electron chi connectivity index (χ3n) is 5.03. The smallest absolute Gasteiger partial charge is 0.243 e. The maximum Gasteiger partial charge on any atom is 0.243 e. The molecule has 3 rings (SSSR count). The first-order valence-corrected chi connectivity index (χ1v) is 11.5. The van der Waals surface area contributed by atoms with Crippen molar-refractivity contribution in [2.75, 3.05) is 13.1 Å². The van der Waals surface area contributed by atoms with Crippen molar-refractivity contribution >= 4 is 15.9 Å². The second-order valence-corrected chi connectivity index (χ2v) is 9.20. The number of aryl methyl sites for hydroxylation is 1. The molecule has 0 saturated carbocycles. The predicted molar refractivity (Wildman–Crippen MR) is 111 cm³/mol. The summed E-state index contributed by atoms with van der Waals surface area (Å²) in [6.07, 6.45) is 4.79. The van der Waals surface area contributed by atoms with E-state index in [1.807, 2.05) is 30.3 Å². The molecule has 2 aromatic rings. The van der Waals surface area contributed by atoms with Gasteiger partial charge < -0.3 is 0 Å². The van der Waals surface area contributed by atoms with Crippen molar-refractivity contribution < 1.29 is 18.0 Å². The lowest BCUT2D eigenvalue weighted by Crippen LogP contribution is -2.31. The van der Waals surface area contributed by atoms with Gasteiger partial charge in [0.1, 0.15) is 0 Å². The topological polar surface area (TPSA) is 75.7 Å². The number of nitrogens with zero attached hydrogens (tertiary/aromatic N) is 1. The minimum absolute atomic E-state index is 0.206. The van der Waals surface area contributed by atoms with E-state index in [-0.39, 0.29) is 12.3 Å². The van der Waals surface area contributed by atoms with Gasteiger partial charge in [0.15, 0.2) is 0 Å². The molecule has 1 saturated heterocycles. The van der Waals surface area contributed by atoms with Crippen molar-refractivity contribution in [3.8, 4) is 0 Å². The Bertz CT molecular complexity index is 875. The first-order valence-electron chi connectivity index (χ1n) is 10.1. The summed E-state index contributed by atoms with van der Waals surface area (Å²) in [7, 11) is -3.44. The molecule has 0 radical (unpaired) electrons. The Balaban J connectivity index is 1.46. The molecule has 0 aromatic heterocycles. The average molecular weight is 417 g/mol. The maximum absolute atomic E-state index is 12.8. The molecule has 0 bridgehead atoms. The minimum atomic E-state index is -3.44. The summed E-state index contributed by atoms with van der Waals surface area (Å²) in [5, 5.41) is 0. The lowest BCUT2D eigenvalue weighted by molar-refractivity contribution is -0.134. The summed E-state index contributed by atoms with van der Waals surface area (Å²) in [6, 6.07) is 16.4. The molecule has 1 heterocycles. The van der Waals surface area contributed by atoms with Gasteiger partial charge in [-0.2, -0.15) is 4.31 Å². The molecule has 1 fully saturated rings. The van der Waals surface area contributed by atoms with Gasteiger partial charge in [-0.15, -0.1) is 0 Å². The number of nitrogens with one attached hydrogen (secondary N) is 1. The highest BCUT2D eigenvalue weighted by Gasteiger charge is 2.24. The summed E-state index contributed by atoms with van der Waals surface area (Å²) in [5.41, 5.74) is 4.34. The molecule has 0 aliphatic carbocycles. The number of benzene rings is 2. The van der Waals surface area contributed by atoms with Crippen LogP contribution in [0.25, 0.3) is 0 Å². The van der Waals surface area contributed by atoms with Crippen LogP contribution in [0.5, 0.6) is 0 Å². The number of hydroxylamine groups is 1. The van der Waals surface area contributed by atoms with E-state index >= 15 is 0 Å². The van der Waals surface area contributed by atoms with E-state index in [2.05, 4.69) is 5.48 Å². The Morgan fingerprint density at radius 1 is 0.897 bits per heavy atom. The zero-order chi connectivity index (χ0) is 20.5. The predicted octanol–water partition coefficient (Wildman–Crippen LogP) is 3.43. The van der Waals surface area contributed by atoms with E-state index < -0.39 is 10.0 Å². The Labute approximate surface area is 172 Å². The molecule has 29 heavy (non-hydrogen) atoms. The van der Waals surface area contributed by atoms with E-state index in [0.29, 0.717) is 31.0 Å². The van der Waals surface area contributed by atoms with Gasteiger partial charge >= 0.3 is 0 Å². The standard InChI is InChI=1S/C22H28N2O4S/c25-22(23-28-18-20-8-4-3-5-9-20)15-12-19-10-13-21(14-11-19)29(26,27)24-16-6-1-2-7-17-24/h3-5,8-11,13-14H,1-2,6-7,12,15-18H2,(H,23,25). The van der Waals surface area contributed by atoms with Gasteiger partial charge in [0.2, 0.25) is 15.9 Å². The monoisotopic (exact) mass is 416 g/mol. The van der Waals surface area contributed by atoms with Crippen LogP contribution in [-0.4, -0.2) is 31.7 Å². The molecule has 2 aromatic carbocycles. The molecule has 1 aliphatic rings. The average Bonchev–Trinajstić information content (AvgIpc) is 3.04. The maximum atomic E-state index is 12.8. The molecular formula is C22H28N2O4S. The van der Waals surface area contributed by atoms with E-state index in [1.165, 1.54) is 0 Å². The van der Waals surface area contributed by atoms with Crippen molar-refractivity contribution in [1.82, 2.24) is 9.79 Å². The number of carbonyl (C=O) groups excluding carboxylic acids is 1. The zero-order valence-electron chi connectivity index (χ0n) is 16.5. The highest BCUT2D eigenvalue weighted by Crippen LogP contribution is 2.21. The molecule has 7 heteroatoms. The van der Waals surface area contributed by atoms with Gasteiger partial charge in [0.25, 0.3) is 0 Å². The van der Waals surface area contributed by atoms with Crippen LogP contribution < -0.4 is 5.48 Å². The highest BCUT2D eigenvalue weighted by molar-refractivity contribution is 7.89. The van der Waals surface area contributed by atoms with Crippen molar-refractivity contribution in [3.05, 3.63) is 65.7 Å². The van der Waals surface area contributed by atoms with Gasteiger partial charge in [-0.1, -0.05) is 55.3 Å². The van der Waals surface area contributed by atoms with Crippen molar-refractivity contribution in [2.24, 2.45) is 0 Å². The normalized spacial score (nSPS) is 15.6. The molecule has 0 unspecified atom stereocenters. The summed E-state index contributed by atoms with van der Waals surface area (Å²) < 4.78 is 27.2. The summed E-state index contributed by atoms with van der Waals surface area (Å²) in [6.45, 7) is 1.50. The molecule has 1 aliphatic heterocycles. The molecular weight excluding hydrogens is 388 g/mol. The van der Waals surface area contributed by atoms with Crippen LogP contribution in [0.1, 0.15) is 43.2 Å².